The molecule has 0 radical (unpaired) electrons. The van der Waals surface area contributed by atoms with Crippen molar-refractivity contribution in [2.75, 3.05) is 6.54 Å². The minimum atomic E-state index is 0. The zero-order chi connectivity index (χ0) is 12.0. The van der Waals surface area contributed by atoms with Crippen LogP contribution >= 0.6 is 12.4 Å². The summed E-state index contributed by atoms with van der Waals surface area (Å²) in [4.78, 5) is 2.00. The number of hydrogen-bond acceptors (Lipinski definition) is 1. The van der Waals surface area contributed by atoms with Gasteiger partial charge in [0.15, 0.2) is 5.96 Å². The van der Waals surface area contributed by atoms with E-state index in [0.29, 0.717) is 5.92 Å². The van der Waals surface area contributed by atoms with Crippen LogP contribution in [0, 0.1) is 12.3 Å². The Morgan fingerprint density at radius 3 is 2.94 bits per heavy atom. The van der Waals surface area contributed by atoms with Crippen LogP contribution in [0.15, 0.2) is 12.1 Å². The number of nitrogens with zero attached hydrogens (tertiary/aromatic N) is 1. The van der Waals surface area contributed by atoms with Crippen LogP contribution in [0.1, 0.15) is 41.0 Å². The minimum absolute atomic E-state index is 0. The third kappa shape index (κ3) is 1.97. The van der Waals surface area contributed by atoms with Gasteiger partial charge in [-0.25, -0.2) is 0 Å². The van der Waals surface area contributed by atoms with E-state index in [1.165, 1.54) is 30.4 Å². The number of halogens is 1. The fourth-order valence-electron chi connectivity index (χ4n) is 3.37. The van der Waals surface area contributed by atoms with E-state index < -0.39 is 0 Å². The van der Waals surface area contributed by atoms with Crippen molar-refractivity contribution in [3.8, 4) is 0 Å². The van der Waals surface area contributed by atoms with Gasteiger partial charge in [-0.2, -0.15) is 0 Å². The SMILES string of the molecule is Cc1ccc2c3c1CCCC3CN(C(=N)N)C2.Cl. The van der Waals surface area contributed by atoms with Crippen LogP contribution in [0.4, 0.5) is 0 Å². The third-order valence-corrected chi connectivity index (χ3v) is 4.21. The Hall–Kier alpha value is -1.22. The Morgan fingerprint density at radius 2 is 2.22 bits per heavy atom. The lowest BCUT2D eigenvalue weighted by Gasteiger charge is -2.39. The number of hydrogen-bond donors (Lipinski definition) is 2. The third-order valence-electron chi connectivity index (χ3n) is 4.21. The van der Waals surface area contributed by atoms with Gasteiger partial charge in [0, 0.05) is 19.0 Å². The maximum atomic E-state index is 7.61. The number of nitrogens with one attached hydrogen (secondary N) is 1. The topological polar surface area (TPSA) is 53.1 Å². The quantitative estimate of drug-likeness (QED) is 0.560. The molecule has 0 spiro atoms. The fourth-order valence-corrected chi connectivity index (χ4v) is 3.37. The van der Waals surface area contributed by atoms with Crippen molar-refractivity contribution in [2.24, 2.45) is 5.73 Å². The first kappa shape index (κ1) is 13.2. The molecule has 1 atom stereocenters. The van der Waals surface area contributed by atoms with E-state index in [4.69, 9.17) is 11.1 Å². The summed E-state index contributed by atoms with van der Waals surface area (Å²) in [6.07, 6.45) is 3.74. The normalized spacial score (nSPS) is 20.9. The van der Waals surface area contributed by atoms with Gasteiger partial charge < -0.3 is 10.6 Å². The molecule has 0 fully saturated rings. The summed E-state index contributed by atoms with van der Waals surface area (Å²) >= 11 is 0. The van der Waals surface area contributed by atoms with Crippen LogP contribution in [-0.2, 0) is 13.0 Å². The standard InChI is InChI=1S/C14H19N3.ClH/c1-9-5-6-11-8-17(14(15)16)7-10-3-2-4-12(9)13(10)11;/h5-6,10H,2-4,7-8H2,1H3,(H3,15,16);1H. The second-order valence-corrected chi connectivity index (χ2v) is 5.29. The molecular formula is C14H20ClN3. The monoisotopic (exact) mass is 265 g/mol. The first-order chi connectivity index (χ1) is 8.16. The molecular weight excluding hydrogens is 246 g/mol. The summed E-state index contributed by atoms with van der Waals surface area (Å²) in [7, 11) is 0. The Balaban J connectivity index is 0.00000120. The highest BCUT2D eigenvalue weighted by Crippen LogP contribution is 2.39. The van der Waals surface area contributed by atoms with Crippen molar-refractivity contribution < 1.29 is 0 Å². The molecule has 4 heteroatoms. The van der Waals surface area contributed by atoms with Gasteiger partial charge in [0.1, 0.15) is 0 Å². The molecule has 3 nitrogen and oxygen atoms in total. The molecule has 1 unspecified atom stereocenters. The smallest absolute Gasteiger partial charge is 0.188 e. The van der Waals surface area contributed by atoms with Gasteiger partial charge in [-0.15, -0.1) is 12.4 Å². The lowest BCUT2D eigenvalue weighted by molar-refractivity contribution is 0.324. The van der Waals surface area contributed by atoms with Gasteiger partial charge in [0.25, 0.3) is 0 Å². The molecule has 1 heterocycles. The lowest BCUT2D eigenvalue weighted by atomic mass is 9.76. The number of guanidine groups is 1. The van der Waals surface area contributed by atoms with Crippen molar-refractivity contribution in [1.82, 2.24) is 4.90 Å². The number of benzene rings is 1. The number of rotatable bonds is 0. The summed E-state index contributed by atoms with van der Waals surface area (Å²) < 4.78 is 0. The molecule has 0 saturated carbocycles. The van der Waals surface area contributed by atoms with Gasteiger partial charge in [-0.05, 0) is 48.4 Å². The molecule has 1 aromatic rings. The predicted molar refractivity (Wildman–Crippen MR) is 76.4 cm³/mol. The zero-order valence-electron chi connectivity index (χ0n) is 10.7. The van der Waals surface area contributed by atoms with Gasteiger partial charge >= 0.3 is 0 Å². The number of nitrogens with two attached hydrogens (primary N) is 1. The molecule has 0 aromatic heterocycles. The molecule has 0 saturated heterocycles. The molecule has 1 aliphatic heterocycles. The highest BCUT2D eigenvalue weighted by molar-refractivity contribution is 5.85. The Bertz CT molecular complexity index is 484. The Labute approximate surface area is 114 Å². The Morgan fingerprint density at radius 1 is 1.44 bits per heavy atom. The molecule has 0 bridgehead atoms. The van der Waals surface area contributed by atoms with Crippen LogP contribution in [0.3, 0.4) is 0 Å². The molecule has 1 aliphatic carbocycles. The van der Waals surface area contributed by atoms with Crippen LogP contribution in [0.5, 0.6) is 0 Å². The predicted octanol–water partition coefficient (Wildman–Crippen LogP) is 2.55. The fraction of sp³-hybridized carbons (Fsp3) is 0.500. The van der Waals surface area contributed by atoms with E-state index in [2.05, 4.69) is 19.1 Å². The van der Waals surface area contributed by atoms with E-state index >= 15 is 0 Å². The van der Waals surface area contributed by atoms with E-state index in [-0.39, 0.29) is 18.4 Å². The first-order valence-corrected chi connectivity index (χ1v) is 6.37. The van der Waals surface area contributed by atoms with Gasteiger partial charge in [0.2, 0.25) is 0 Å². The molecule has 1 aromatic carbocycles. The minimum Gasteiger partial charge on any atom is -0.370 e. The van der Waals surface area contributed by atoms with Crippen molar-refractivity contribution in [3.05, 3.63) is 34.4 Å². The van der Waals surface area contributed by atoms with Crippen molar-refractivity contribution in [1.29, 1.82) is 5.41 Å². The van der Waals surface area contributed by atoms with Crippen molar-refractivity contribution >= 4 is 18.4 Å². The number of aryl methyl sites for hydroxylation is 1. The molecule has 0 amide bonds. The van der Waals surface area contributed by atoms with Crippen molar-refractivity contribution in [3.63, 3.8) is 0 Å². The Kier molecular flexibility index (Phi) is 3.53. The zero-order valence-corrected chi connectivity index (χ0v) is 11.5. The van der Waals surface area contributed by atoms with Crippen LogP contribution < -0.4 is 5.73 Å². The average molecular weight is 266 g/mol. The highest BCUT2D eigenvalue weighted by atomic mass is 35.5. The molecule has 3 rings (SSSR count). The maximum absolute atomic E-state index is 7.61. The summed E-state index contributed by atoms with van der Waals surface area (Å²) in [5.41, 5.74) is 11.6. The molecule has 3 N–H and O–H groups in total. The van der Waals surface area contributed by atoms with Gasteiger partial charge in [-0.3, -0.25) is 5.41 Å². The molecule has 98 valence electrons. The second-order valence-electron chi connectivity index (χ2n) is 5.29. The van der Waals surface area contributed by atoms with Crippen LogP contribution in [-0.4, -0.2) is 17.4 Å². The van der Waals surface area contributed by atoms with Crippen molar-refractivity contribution in [2.45, 2.75) is 38.6 Å². The summed E-state index contributed by atoms with van der Waals surface area (Å²) in [5.74, 6) is 0.801. The largest absolute Gasteiger partial charge is 0.370 e. The van der Waals surface area contributed by atoms with Gasteiger partial charge in [-0.1, -0.05) is 12.1 Å². The average Bonchev–Trinajstić information content (AvgIpc) is 2.33. The summed E-state index contributed by atoms with van der Waals surface area (Å²) in [6.45, 7) is 3.96. The maximum Gasteiger partial charge on any atom is 0.188 e. The summed E-state index contributed by atoms with van der Waals surface area (Å²) in [6, 6.07) is 4.45. The van der Waals surface area contributed by atoms with Gasteiger partial charge in [0.05, 0.1) is 0 Å². The van der Waals surface area contributed by atoms with Crippen LogP contribution in [0.2, 0.25) is 0 Å². The second kappa shape index (κ2) is 4.81. The lowest BCUT2D eigenvalue weighted by Crippen LogP contribution is -2.43. The van der Waals surface area contributed by atoms with E-state index in [0.717, 1.165) is 13.1 Å². The van der Waals surface area contributed by atoms with E-state index in [1.54, 1.807) is 11.1 Å². The van der Waals surface area contributed by atoms with E-state index in [9.17, 15) is 0 Å². The summed E-state index contributed by atoms with van der Waals surface area (Å²) in [5, 5.41) is 7.61. The van der Waals surface area contributed by atoms with Crippen LogP contribution in [0.25, 0.3) is 0 Å². The van der Waals surface area contributed by atoms with E-state index in [1.807, 2.05) is 4.90 Å². The molecule has 2 aliphatic rings. The molecule has 18 heavy (non-hydrogen) atoms. The first-order valence-electron chi connectivity index (χ1n) is 6.37. The highest BCUT2D eigenvalue weighted by Gasteiger charge is 2.30.